The van der Waals surface area contributed by atoms with Crippen LogP contribution in [0.2, 0.25) is 0 Å². The van der Waals surface area contributed by atoms with Crippen LogP contribution in [0.15, 0.2) is 54.6 Å². The first-order valence-corrected chi connectivity index (χ1v) is 8.20. The number of nitrogens with zero attached hydrogens (tertiary/aromatic N) is 2. The highest BCUT2D eigenvalue weighted by Gasteiger charge is 2.36. The second kappa shape index (κ2) is 6.87. The maximum atomic E-state index is 12.7. The van der Waals surface area contributed by atoms with Crippen molar-refractivity contribution in [2.75, 3.05) is 18.5 Å². The van der Waals surface area contributed by atoms with Crippen LogP contribution in [-0.2, 0) is 16.1 Å². The first-order valence-electron chi connectivity index (χ1n) is 8.20. The molecule has 3 rings (SSSR count). The summed E-state index contributed by atoms with van der Waals surface area (Å²) in [6, 6.07) is 17.7. The number of amides is 2. The molecule has 2 amide bonds. The van der Waals surface area contributed by atoms with Gasteiger partial charge in [-0.2, -0.15) is 0 Å². The largest absolute Gasteiger partial charge is 0.341 e. The predicted octanol–water partition coefficient (Wildman–Crippen LogP) is 3.01. The van der Waals surface area contributed by atoms with E-state index in [1.165, 1.54) is 0 Å². The summed E-state index contributed by atoms with van der Waals surface area (Å²) in [7, 11) is 1.80. The smallest absolute Gasteiger partial charge is 0.228 e. The number of rotatable bonds is 4. The van der Waals surface area contributed by atoms with Gasteiger partial charge in [-0.05, 0) is 24.6 Å². The SMILES string of the molecule is Cc1ccc(N2C[C@@H](C(=O)N(C)Cc3ccccc3)CC2=O)cc1. The number of aryl methyl sites for hydroxylation is 1. The molecule has 1 fully saturated rings. The molecule has 1 saturated heterocycles. The molecule has 0 N–H and O–H groups in total. The quantitative estimate of drug-likeness (QED) is 0.868. The van der Waals surface area contributed by atoms with Gasteiger partial charge in [-0.15, -0.1) is 0 Å². The van der Waals surface area contributed by atoms with E-state index in [9.17, 15) is 9.59 Å². The van der Waals surface area contributed by atoms with Gasteiger partial charge in [-0.25, -0.2) is 0 Å². The highest BCUT2D eigenvalue weighted by Crippen LogP contribution is 2.26. The number of carbonyl (C=O) groups excluding carboxylic acids is 2. The summed E-state index contributed by atoms with van der Waals surface area (Å²) in [6.45, 7) is 3.04. The van der Waals surface area contributed by atoms with Gasteiger partial charge in [0, 0.05) is 32.2 Å². The zero-order valence-electron chi connectivity index (χ0n) is 14.1. The summed E-state index contributed by atoms with van der Waals surface area (Å²) < 4.78 is 0. The molecular weight excluding hydrogens is 300 g/mol. The third-order valence-corrected chi connectivity index (χ3v) is 4.46. The van der Waals surface area contributed by atoms with Crippen LogP contribution in [0.25, 0.3) is 0 Å². The molecule has 2 aromatic carbocycles. The first kappa shape index (κ1) is 16.2. The topological polar surface area (TPSA) is 40.6 Å². The number of benzene rings is 2. The molecule has 0 aliphatic carbocycles. The van der Waals surface area contributed by atoms with Crippen molar-refractivity contribution in [1.29, 1.82) is 0 Å². The molecule has 1 aliphatic heterocycles. The van der Waals surface area contributed by atoms with E-state index in [4.69, 9.17) is 0 Å². The minimum atomic E-state index is -0.271. The van der Waals surface area contributed by atoms with Crippen LogP contribution in [0.4, 0.5) is 5.69 Å². The lowest BCUT2D eigenvalue weighted by Crippen LogP contribution is -2.34. The molecule has 1 atom stereocenters. The van der Waals surface area contributed by atoms with E-state index in [1.807, 2.05) is 61.5 Å². The molecule has 0 aromatic heterocycles. The van der Waals surface area contributed by atoms with Crippen molar-refractivity contribution in [3.63, 3.8) is 0 Å². The molecule has 4 heteroatoms. The van der Waals surface area contributed by atoms with Gasteiger partial charge in [0.2, 0.25) is 11.8 Å². The number of carbonyl (C=O) groups is 2. The minimum Gasteiger partial charge on any atom is -0.341 e. The molecule has 0 radical (unpaired) electrons. The maximum absolute atomic E-state index is 12.7. The molecule has 0 spiro atoms. The molecule has 0 saturated carbocycles. The first-order chi connectivity index (χ1) is 11.5. The van der Waals surface area contributed by atoms with Gasteiger partial charge >= 0.3 is 0 Å². The Hall–Kier alpha value is -2.62. The molecule has 0 unspecified atom stereocenters. The van der Waals surface area contributed by atoms with Crippen molar-refractivity contribution in [3.8, 4) is 0 Å². The van der Waals surface area contributed by atoms with E-state index in [0.717, 1.165) is 16.8 Å². The zero-order valence-corrected chi connectivity index (χ0v) is 14.1. The van der Waals surface area contributed by atoms with Crippen LogP contribution in [0.1, 0.15) is 17.5 Å². The van der Waals surface area contributed by atoms with Crippen LogP contribution in [-0.4, -0.2) is 30.3 Å². The number of hydrogen-bond acceptors (Lipinski definition) is 2. The zero-order chi connectivity index (χ0) is 17.1. The summed E-state index contributed by atoms with van der Waals surface area (Å²) in [5.41, 5.74) is 3.11. The van der Waals surface area contributed by atoms with Crippen molar-refractivity contribution < 1.29 is 9.59 Å². The summed E-state index contributed by atoms with van der Waals surface area (Å²) in [5.74, 6) is -0.223. The van der Waals surface area contributed by atoms with Gasteiger partial charge < -0.3 is 9.80 Å². The van der Waals surface area contributed by atoms with E-state index < -0.39 is 0 Å². The molecule has 0 bridgehead atoms. The van der Waals surface area contributed by atoms with Gasteiger partial charge in [-0.1, -0.05) is 48.0 Å². The Balaban J connectivity index is 1.66. The Labute approximate surface area is 142 Å². The van der Waals surface area contributed by atoms with Gasteiger partial charge in [-0.3, -0.25) is 9.59 Å². The third-order valence-electron chi connectivity index (χ3n) is 4.46. The normalized spacial score (nSPS) is 17.2. The molecule has 2 aromatic rings. The lowest BCUT2D eigenvalue weighted by atomic mass is 10.1. The average Bonchev–Trinajstić information content (AvgIpc) is 2.97. The van der Waals surface area contributed by atoms with Gasteiger partial charge in [0.05, 0.1) is 5.92 Å². The van der Waals surface area contributed by atoms with Crippen molar-refractivity contribution in [1.82, 2.24) is 4.90 Å². The average molecular weight is 322 g/mol. The monoisotopic (exact) mass is 322 g/mol. The van der Waals surface area contributed by atoms with Crippen LogP contribution >= 0.6 is 0 Å². The molecule has 1 heterocycles. The van der Waals surface area contributed by atoms with Crippen LogP contribution in [0.3, 0.4) is 0 Å². The minimum absolute atomic E-state index is 0.0188. The van der Waals surface area contributed by atoms with Crippen LogP contribution in [0.5, 0.6) is 0 Å². The Morgan fingerprint density at radius 2 is 1.79 bits per heavy atom. The van der Waals surface area contributed by atoms with Crippen molar-refractivity contribution in [2.24, 2.45) is 5.92 Å². The highest BCUT2D eigenvalue weighted by molar-refractivity contribution is 6.00. The number of hydrogen-bond donors (Lipinski definition) is 0. The van der Waals surface area contributed by atoms with Crippen LogP contribution in [0, 0.1) is 12.8 Å². The lowest BCUT2D eigenvalue weighted by molar-refractivity contribution is -0.135. The highest BCUT2D eigenvalue weighted by atomic mass is 16.2. The van der Waals surface area contributed by atoms with Gasteiger partial charge in [0.25, 0.3) is 0 Å². The fourth-order valence-corrected chi connectivity index (χ4v) is 3.09. The van der Waals surface area contributed by atoms with E-state index in [-0.39, 0.29) is 24.2 Å². The summed E-state index contributed by atoms with van der Waals surface area (Å²) in [4.78, 5) is 28.4. The maximum Gasteiger partial charge on any atom is 0.228 e. The molecule has 124 valence electrons. The number of anilines is 1. The van der Waals surface area contributed by atoms with Gasteiger partial charge in [0.15, 0.2) is 0 Å². The molecule has 24 heavy (non-hydrogen) atoms. The van der Waals surface area contributed by atoms with Crippen molar-refractivity contribution >= 4 is 17.5 Å². The molecule has 1 aliphatic rings. The van der Waals surface area contributed by atoms with Crippen molar-refractivity contribution in [2.45, 2.75) is 19.9 Å². The molecule has 4 nitrogen and oxygen atoms in total. The predicted molar refractivity (Wildman–Crippen MR) is 94.6 cm³/mol. The summed E-state index contributed by atoms with van der Waals surface area (Å²) in [5, 5.41) is 0. The van der Waals surface area contributed by atoms with Gasteiger partial charge in [0.1, 0.15) is 0 Å². The summed E-state index contributed by atoms with van der Waals surface area (Å²) in [6.07, 6.45) is 0.284. The van der Waals surface area contributed by atoms with E-state index >= 15 is 0 Å². The Morgan fingerprint density at radius 1 is 1.12 bits per heavy atom. The Bertz CT molecular complexity index is 725. The fourth-order valence-electron chi connectivity index (χ4n) is 3.09. The third kappa shape index (κ3) is 3.48. The summed E-state index contributed by atoms with van der Waals surface area (Å²) >= 11 is 0. The second-order valence-corrected chi connectivity index (χ2v) is 6.42. The second-order valence-electron chi connectivity index (χ2n) is 6.42. The Morgan fingerprint density at radius 3 is 2.46 bits per heavy atom. The lowest BCUT2D eigenvalue weighted by Gasteiger charge is -2.21. The fraction of sp³-hybridized carbons (Fsp3) is 0.300. The van der Waals surface area contributed by atoms with E-state index in [1.54, 1.807) is 16.8 Å². The van der Waals surface area contributed by atoms with Crippen LogP contribution < -0.4 is 4.90 Å². The van der Waals surface area contributed by atoms with E-state index in [2.05, 4.69) is 0 Å². The molecular formula is C20H22N2O2. The standard InChI is InChI=1S/C20H22N2O2/c1-15-8-10-18(11-9-15)22-14-17(12-19(22)23)20(24)21(2)13-16-6-4-3-5-7-16/h3-11,17H,12-14H2,1-2H3/t17-/m0/s1. The Kier molecular flexibility index (Phi) is 4.65. The van der Waals surface area contributed by atoms with Crippen molar-refractivity contribution in [3.05, 3.63) is 65.7 Å². The van der Waals surface area contributed by atoms with E-state index in [0.29, 0.717) is 13.1 Å².